The Bertz CT molecular complexity index is 601. The molecule has 2 aromatic rings. The highest BCUT2D eigenvalue weighted by molar-refractivity contribution is 5.89. The molecular formula is C16H14O3. The topological polar surface area (TPSA) is 46.5 Å². The van der Waals surface area contributed by atoms with Crippen LogP contribution in [0.1, 0.15) is 5.56 Å². The van der Waals surface area contributed by atoms with Gasteiger partial charge in [0.25, 0.3) is 0 Å². The number of carboxylic acid groups (broad SMARTS) is 1. The summed E-state index contributed by atoms with van der Waals surface area (Å²) in [6.45, 7) is 0. The molecule has 0 radical (unpaired) electrons. The van der Waals surface area contributed by atoms with Crippen LogP contribution in [0.3, 0.4) is 0 Å². The summed E-state index contributed by atoms with van der Waals surface area (Å²) in [5.74, 6) is -0.249. The predicted molar refractivity (Wildman–Crippen MR) is 75.1 cm³/mol. The number of aliphatic carboxylic acids is 1. The fraction of sp³-hybridized carbons (Fsp3) is 0.0625. The number of hydrogen-bond donors (Lipinski definition) is 1. The van der Waals surface area contributed by atoms with E-state index in [4.69, 9.17) is 9.84 Å². The first-order valence-corrected chi connectivity index (χ1v) is 5.86. The molecule has 19 heavy (non-hydrogen) atoms. The van der Waals surface area contributed by atoms with Crippen molar-refractivity contribution in [2.45, 2.75) is 0 Å². The molecule has 0 saturated carbocycles. The van der Waals surface area contributed by atoms with Crippen molar-refractivity contribution in [3.8, 4) is 16.9 Å². The van der Waals surface area contributed by atoms with E-state index in [1.54, 1.807) is 13.2 Å². The van der Waals surface area contributed by atoms with Gasteiger partial charge >= 0.3 is 5.97 Å². The van der Waals surface area contributed by atoms with Crippen LogP contribution in [-0.4, -0.2) is 18.2 Å². The Labute approximate surface area is 111 Å². The third-order valence-electron chi connectivity index (χ3n) is 2.75. The second kappa shape index (κ2) is 5.87. The van der Waals surface area contributed by atoms with Crippen LogP contribution in [0.2, 0.25) is 0 Å². The monoisotopic (exact) mass is 254 g/mol. The van der Waals surface area contributed by atoms with Crippen LogP contribution >= 0.6 is 0 Å². The van der Waals surface area contributed by atoms with E-state index in [9.17, 15) is 4.79 Å². The lowest BCUT2D eigenvalue weighted by molar-refractivity contribution is -0.131. The molecule has 2 aromatic carbocycles. The van der Waals surface area contributed by atoms with Gasteiger partial charge in [-0.15, -0.1) is 0 Å². The summed E-state index contributed by atoms with van der Waals surface area (Å²) in [7, 11) is 1.60. The van der Waals surface area contributed by atoms with Gasteiger partial charge in [0.05, 0.1) is 7.11 Å². The molecule has 0 amide bonds. The maximum atomic E-state index is 10.7. The van der Waals surface area contributed by atoms with Crippen LogP contribution in [-0.2, 0) is 4.79 Å². The van der Waals surface area contributed by atoms with Crippen molar-refractivity contribution in [3.05, 3.63) is 60.2 Å². The number of carboxylic acids is 1. The minimum absolute atomic E-state index is 0.721. The molecule has 0 aliphatic heterocycles. The van der Waals surface area contributed by atoms with E-state index in [1.165, 1.54) is 0 Å². The highest BCUT2D eigenvalue weighted by atomic mass is 16.5. The normalized spacial score (nSPS) is 10.6. The molecule has 0 saturated heterocycles. The van der Waals surface area contributed by atoms with E-state index < -0.39 is 5.97 Å². The Morgan fingerprint density at radius 3 is 2.47 bits per heavy atom. The van der Waals surface area contributed by atoms with Gasteiger partial charge in [-0.1, -0.05) is 42.5 Å². The zero-order chi connectivity index (χ0) is 13.7. The minimum Gasteiger partial charge on any atom is -0.496 e. The highest BCUT2D eigenvalue weighted by Gasteiger charge is 2.09. The zero-order valence-electron chi connectivity index (χ0n) is 10.5. The van der Waals surface area contributed by atoms with Crippen molar-refractivity contribution in [1.82, 2.24) is 0 Å². The molecule has 3 nitrogen and oxygen atoms in total. The number of ether oxygens (including phenoxy) is 1. The number of carbonyl (C=O) groups is 1. The molecule has 2 rings (SSSR count). The van der Waals surface area contributed by atoms with Gasteiger partial charge in [0.1, 0.15) is 5.75 Å². The quantitative estimate of drug-likeness (QED) is 0.850. The Balaban J connectivity index is 2.58. The zero-order valence-corrected chi connectivity index (χ0v) is 10.5. The molecule has 0 bridgehead atoms. The van der Waals surface area contributed by atoms with Gasteiger partial charge in [-0.25, -0.2) is 4.79 Å². The fourth-order valence-corrected chi connectivity index (χ4v) is 1.93. The number of methoxy groups -OCH3 is 1. The molecule has 0 aliphatic carbocycles. The van der Waals surface area contributed by atoms with Crippen molar-refractivity contribution in [3.63, 3.8) is 0 Å². The van der Waals surface area contributed by atoms with E-state index in [1.807, 2.05) is 48.5 Å². The highest BCUT2D eigenvalue weighted by Crippen LogP contribution is 2.33. The van der Waals surface area contributed by atoms with E-state index in [2.05, 4.69) is 0 Å². The molecule has 0 heterocycles. The maximum Gasteiger partial charge on any atom is 0.328 e. The molecular weight excluding hydrogens is 240 g/mol. The average Bonchev–Trinajstić information content (AvgIpc) is 2.45. The van der Waals surface area contributed by atoms with Gasteiger partial charge in [-0.05, 0) is 23.3 Å². The second-order valence-corrected chi connectivity index (χ2v) is 3.96. The van der Waals surface area contributed by atoms with Crippen LogP contribution in [0.4, 0.5) is 0 Å². The number of rotatable bonds is 4. The van der Waals surface area contributed by atoms with Crippen LogP contribution in [0.25, 0.3) is 17.2 Å². The lowest BCUT2D eigenvalue weighted by Gasteiger charge is -2.11. The molecule has 96 valence electrons. The number of hydrogen-bond acceptors (Lipinski definition) is 2. The van der Waals surface area contributed by atoms with E-state index >= 15 is 0 Å². The molecule has 0 aliphatic rings. The van der Waals surface area contributed by atoms with Crippen LogP contribution in [0.5, 0.6) is 5.75 Å². The number of benzene rings is 2. The SMILES string of the molecule is COc1cccc(/C=C/C(=O)O)c1-c1ccccc1. The first-order chi connectivity index (χ1) is 9.22. The van der Waals surface area contributed by atoms with Gasteiger partial charge < -0.3 is 9.84 Å². The van der Waals surface area contributed by atoms with Gasteiger partial charge in [0.2, 0.25) is 0 Å². The van der Waals surface area contributed by atoms with Crippen LogP contribution < -0.4 is 4.74 Å². The predicted octanol–water partition coefficient (Wildman–Crippen LogP) is 3.46. The Morgan fingerprint density at radius 1 is 1.11 bits per heavy atom. The Hall–Kier alpha value is -2.55. The largest absolute Gasteiger partial charge is 0.496 e. The standard InChI is InChI=1S/C16H14O3/c1-19-14-9-5-8-13(10-11-15(17)18)16(14)12-6-3-2-4-7-12/h2-11H,1H3,(H,17,18)/b11-10+. The first kappa shape index (κ1) is 12.9. The Kier molecular flexibility index (Phi) is 3.98. The lowest BCUT2D eigenvalue weighted by atomic mass is 9.98. The summed E-state index contributed by atoms with van der Waals surface area (Å²) in [5, 5.41) is 8.74. The van der Waals surface area contributed by atoms with Gasteiger partial charge in [0.15, 0.2) is 0 Å². The molecule has 1 N–H and O–H groups in total. The van der Waals surface area contributed by atoms with E-state index in [0.29, 0.717) is 0 Å². The van der Waals surface area contributed by atoms with Crippen molar-refractivity contribution in [2.24, 2.45) is 0 Å². The molecule has 0 aromatic heterocycles. The molecule has 0 fully saturated rings. The Morgan fingerprint density at radius 2 is 1.84 bits per heavy atom. The second-order valence-electron chi connectivity index (χ2n) is 3.96. The lowest BCUT2D eigenvalue weighted by Crippen LogP contribution is -1.92. The van der Waals surface area contributed by atoms with Crippen LogP contribution in [0, 0.1) is 0 Å². The summed E-state index contributed by atoms with van der Waals surface area (Å²) in [4.78, 5) is 10.7. The van der Waals surface area contributed by atoms with Crippen LogP contribution in [0.15, 0.2) is 54.6 Å². The third-order valence-corrected chi connectivity index (χ3v) is 2.75. The third kappa shape index (κ3) is 3.01. The summed E-state index contributed by atoms with van der Waals surface area (Å²) in [6.07, 6.45) is 2.70. The first-order valence-electron chi connectivity index (χ1n) is 5.86. The fourth-order valence-electron chi connectivity index (χ4n) is 1.93. The minimum atomic E-state index is -0.971. The summed E-state index contributed by atoms with van der Waals surface area (Å²) < 4.78 is 5.37. The summed E-state index contributed by atoms with van der Waals surface area (Å²) in [6, 6.07) is 15.3. The molecule has 0 spiro atoms. The van der Waals surface area contributed by atoms with Gasteiger partial charge in [-0.3, -0.25) is 0 Å². The average molecular weight is 254 g/mol. The van der Waals surface area contributed by atoms with Gasteiger partial charge in [0, 0.05) is 11.6 Å². The van der Waals surface area contributed by atoms with Crippen molar-refractivity contribution >= 4 is 12.0 Å². The maximum absolute atomic E-state index is 10.7. The molecule has 0 atom stereocenters. The van der Waals surface area contributed by atoms with Gasteiger partial charge in [-0.2, -0.15) is 0 Å². The van der Waals surface area contributed by atoms with Crippen molar-refractivity contribution in [2.75, 3.05) is 7.11 Å². The summed E-state index contributed by atoms with van der Waals surface area (Å²) in [5.41, 5.74) is 2.70. The van der Waals surface area contributed by atoms with Crippen molar-refractivity contribution in [1.29, 1.82) is 0 Å². The molecule has 0 unspecified atom stereocenters. The smallest absolute Gasteiger partial charge is 0.328 e. The van der Waals surface area contributed by atoms with E-state index in [-0.39, 0.29) is 0 Å². The van der Waals surface area contributed by atoms with E-state index in [0.717, 1.165) is 28.5 Å². The molecule has 3 heteroatoms. The van der Waals surface area contributed by atoms with Crippen molar-refractivity contribution < 1.29 is 14.6 Å². The summed E-state index contributed by atoms with van der Waals surface area (Å²) >= 11 is 0.